The van der Waals surface area contributed by atoms with Crippen LogP contribution in [-0.4, -0.2) is 65.9 Å². The van der Waals surface area contributed by atoms with Crippen molar-refractivity contribution >= 4 is 11.8 Å². The van der Waals surface area contributed by atoms with Crippen molar-refractivity contribution in [1.82, 2.24) is 9.88 Å². The molecule has 1 N–H and O–H groups in total. The number of benzene rings is 1. The molecule has 0 saturated carbocycles. The molecule has 2 saturated heterocycles. The van der Waals surface area contributed by atoms with Crippen LogP contribution in [0.3, 0.4) is 0 Å². The van der Waals surface area contributed by atoms with Crippen molar-refractivity contribution in [3.05, 3.63) is 58.3 Å². The number of hydrogen-bond donors (Lipinski definition) is 1. The van der Waals surface area contributed by atoms with Gasteiger partial charge in [0.1, 0.15) is 18.5 Å². The minimum absolute atomic E-state index is 0.212. The van der Waals surface area contributed by atoms with Crippen molar-refractivity contribution in [2.24, 2.45) is 0 Å². The van der Waals surface area contributed by atoms with Gasteiger partial charge >= 0.3 is 5.97 Å². The molecule has 8 heteroatoms. The number of rotatable bonds is 4. The maximum Gasteiger partial charge on any atom is 0.338 e. The lowest BCUT2D eigenvalue weighted by atomic mass is 9.88. The van der Waals surface area contributed by atoms with Crippen LogP contribution in [0, 0.1) is 18.3 Å². The van der Waals surface area contributed by atoms with Crippen LogP contribution in [0.2, 0.25) is 0 Å². The number of aliphatic hydroxyl groups is 1. The van der Waals surface area contributed by atoms with Crippen molar-refractivity contribution in [1.29, 1.82) is 5.26 Å². The van der Waals surface area contributed by atoms with E-state index in [9.17, 15) is 9.90 Å². The number of piperidine rings is 1. The zero-order valence-corrected chi connectivity index (χ0v) is 18.8. The number of anilines is 1. The highest BCUT2D eigenvalue weighted by Gasteiger charge is 2.40. The SMILES string of the molecule is Cc1c(C(O)CN2CCC3(CC2)CN(c2ccc(C#N)cn2)CCO3)ccc2c1COC2=O. The van der Waals surface area contributed by atoms with Crippen molar-refractivity contribution in [3.8, 4) is 6.07 Å². The first-order valence-corrected chi connectivity index (χ1v) is 11.4. The highest BCUT2D eigenvalue weighted by molar-refractivity contribution is 5.93. The molecule has 1 aromatic carbocycles. The lowest BCUT2D eigenvalue weighted by molar-refractivity contribution is -0.0944. The number of β-amino-alcohol motifs (C(OH)–C–C–N with tert-alkyl or cyclic N) is 1. The molecule has 0 radical (unpaired) electrons. The number of nitriles is 1. The molecule has 5 rings (SSSR count). The predicted octanol–water partition coefficient (Wildman–Crippen LogP) is 2.34. The van der Waals surface area contributed by atoms with E-state index in [4.69, 9.17) is 14.7 Å². The third-order valence-corrected chi connectivity index (χ3v) is 7.21. The first-order chi connectivity index (χ1) is 16.0. The molecule has 4 heterocycles. The number of nitrogens with zero attached hydrogens (tertiary/aromatic N) is 4. The maximum atomic E-state index is 11.8. The molecule has 0 aliphatic carbocycles. The minimum atomic E-state index is -0.619. The summed E-state index contributed by atoms with van der Waals surface area (Å²) in [6.07, 6.45) is 2.77. The van der Waals surface area contributed by atoms with E-state index in [1.165, 1.54) is 0 Å². The highest BCUT2D eigenvalue weighted by Crippen LogP contribution is 2.34. The summed E-state index contributed by atoms with van der Waals surface area (Å²) in [4.78, 5) is 20.8. The topological polar surface area (TPSA) is 98.9 Å². The van der Waals surface area contributed by atoms with E-state index in [1.807, 2.05) is 19.1 Å². The average Bonchev–Trinajstić information content (AvgIpc) is 3.22. The number of pyridine rings is 1. The Hall–Kier alpha value is -2.99. The van der Waals surface area contributed by atoms with Gasteiger partial charge in [0.25, 0.3) is 0 Å². The minimum Gasteiger partial charge on any atom is -0.457 e. The van der Waals surface area contributed by atoms with Crippen LogP contribution >= 0.6 is 0 Å². The molecule has 1 atom stereocenters. The Balaban J connectivity index is 1.20. The molecule has 33 heavy (non-hydrogen) atoms. The number of aromatic nitrogens is 1. The molecule has 172 valence electrons. The first-order valence-electron chi connectivity index (χ1n) is 11.4. The van der Waals surface area contributed by atoms with Gasteiger partial charge in [0.15, 0.2) is 0 Å². The Morgan fingerprint density at radius 2 is 2.06 bits per heavy atom. The summed E-state index contributed by atoms with van der Waals surface area (Å²) in [6, 6.07) is 9.43. The van der Waals surface area contributed by atoms with Crippen molar-refractivity contribution in [3.63, 3.8) is 0 Å². The van der Waals surface area contributed by atoms with Gasteiger partial charge in [-0.3, -0.25) is 0 Å². The van der Waals surface area contributed by atoms with Gasteiger partial charge < -0.3 is 24.4 Å². The smallest absolute Gasteiger partial charge is 0.338 e. The monoisotopic (exact) mass is 448 g/mol. The van der Waals surface area contributed by atoms with Gasteiger partial charge in [0.05, 0.1) is 29.4 Å². The van der Waals surface area contributed by atoms with Gasteiger partial charge in [-0.2, -0.15) is 5.26 Å². The summed E-state index contributed by atoms with van der Waals surface area (Å²) in [5.74, 6) is 0.595. The largest absolute Gasteiger partial charge is 0.457 e. The summed E-state index contributed by atoms with van der Waals surface area (Å²) in [5, 5.41) is 19.9. The third kappa shape index (κ3) is 4.20. The number of fused-ring (bicyclic) bond motifs is 1. The predicted molar refractivity (Wildman–Crippen MR) is 121 cm³/mol. The molecule has 1 spiro atoms. The summed E-state index contributed by atoms with van der Waals surface area (Å²) in [5.41, 5.74) is 3.66. The number of carbonyl (C=O) groups is 1. The van der Waals surface area contributed by atoms with Gasteiger partial charge in [-0.15, -0.1) is 0 Å². The lowest BCUT2D eigenvalue weighted by Crippen LogP contribution is -2.57. The lowest BCUT2D eigenvalue weighted by Gasteiger charge is -2.47. The average molecular weight is 449 g/mol. The van der Waals surface area contributed by atoms with E-state index in [2.05, 4.69) is 20.9 Å². The second-order valence-electron chi connectivity index (χ2n) is 9.17. The fourth-order valence-electron chi connectivity index (χ4n) is 5.20. The molecular formula is C25H28N4O4. The molecule has 3 aliphatic rings. The van der Waals surface area contributed by atoms with E-state index in [0.717, 1.165) is 61.5 Å². The van der Waals surface area contributed by atoms with Crippen molar-refractivity contribution < 1.29 is 19.4 Å². The van der Waals surface area contributed by atoms with E-state index in [0.29, 0.717) is 24.3 Å². The zero-order chi connectivity index (χ0) is 23.0. The summed E-state index contributed by atoms with van der Waals surface area (Å²) < 4.78 is 11.4. The van der Waals surface area contributed by atoms with E-state index < -0.39 is 6.10 Å². The molecule has 1 aromatic heterocycles. The number of esters is 1. The third-order valence-electron chi connectivity index (χ3n) is 7.21. The standard InChI is InChI=1S/C25H28N4O4/c1-17-19(3-4-20-21(17)15-32-24(20)31)22(30)14-28-8-6-25(7-9-28)16-29(10-11-33-25)23-5-2-18(12-26)13-27-23/h2-5,13,22,30H,6-11,14-16H2,1H3. The fraction of sp³-hybridized carbons (Fsp3) is 0.480. The number of aliphatic hydroxyl groups excluding tert-OH is 1. The van der Waals surface area contributed by atoms with Crippen LogP contribution in [-0.2, 0) is 16.1 Å². The molecule has 2 aromatic rings. The molecule has 0 amide bonds. The molecule has 8 nitrogen and oxygen atoms in total. The van der Waals surface area contributed by atoms with Crippen LogP contribution < -0.4 is 4.90 Å². The number of cyclic esters (lactones) is 1. The number of likely N-dealkylation sites (tertiary alicyclic amines) is 1. The van der Waals surface area contributed by atoms with Crippen molar-refractivity contribution in [2.45, 2.75) is 38.1 Å². The Kier molecular flexibility index (Phi) is 5.79. The van der Waals surface area contributed by atoms with Crippen LogP contribution in [0.1, 0.15) is 51.6 Å². The molecule has 0 bridgehead atoms. The Labute approximate surface area is 193 Å². The van der Waals surface area contributed by atoms with Gasteiger partial charge in [-0.05, 0) is 49.1 Å². The van der Waals surface area contributed by atoms with Gasteiger partial charge in [-0.25, -0.2) is 9.78 Å². The van der Waals surface area contributed by atoms with E-state index in [1.54, 1.807) is 18.3 Å². The van der Waals surface area contributed by atoms with Crippen LogP contribution in [0.5, 0.6) is 0 Å². The maximum absolute atomic E-state index is 11.8. The van der Waals surface area contributed by atoms with Crippen molar-refractivity contribution in [2.75, 3.05) is 44.2 Å². The van der Waals surface area contributed by atoms with Crippen LogP contribution in [0.15, 0.2) is 30.5 Å². The Bertz CT molecular complexity index is 1090. The molecule has 1 unspecified atom stereocenters. The van der Waals surface area contributed by atoms with Gasteiger partial charge in [0, 0.05) is 44.5 Å². The quantitative estimate of drug-likeness (QED) is 0.712. The van der Waals surface area contributed by atoms with E-state index >= 15 is 0 Å². The number of carbonyl (C=O) groups excluding carboxylic acids is 1. The van der Waals surface area contributed by atoms with Crippen LogP contribution in [0.25, 0.3) is 0 Å². The second-order valence-corrected chi connectivity index (χ2v) is 9.17. The molecule has 2 fully saturated rings. The second kappa shape index (κ2) is 8.75. The number of ether oxygens (including phenoxy) is 2. The summed E-state index contributed by atoms with van der Waals surface area (Å²) in [7, 11) is 0. The summed E-state index contributed by atoms with van der Waals surface area (Å²) >= 11 is 0. The van der Waals surface area contributed by atoms with Crippen LogP contribution in [0.4, 0.5) is 5.82 Å². The number of morpholine rings is 1. The Morgan fingerprint density at radius 3 is 2.79 bits per heavy atom. The zero-order valence-electron chi connectivity index (χ0n) is 18.8. The van der Waals surface area contributed by atoms with E-state index in [-0.39, 0.29) is 18.2 Å². The Morgan fingerprint density at radius 1 is 1.24 bits per heavy atom. The highest BCUT2D eigenvalue weighted by atomic mass is 16.5. The molecule has 3 aliphatic heterocycles. The normalized spacial score (nSPS) is 20.9. The van der Waals surface area contributed by atoms with Gasteiger partial charge in [-0.1, -0.05) is 6.07 Å². The fourth-order valence-corrected chi connectivity index (χ4v) is 5.20. The molecular weight excluding hydrogens is 420 g/mol. The van der Waals surface area contributed by atoms with Gasteiger partial charge in [0.2, 0.25) is 0 Å². The number of hydrogen-bond acceptors (Lipinski definition) is 8. The first kappa shape index (κ1) is 21.8. The summed E-state index contributed by atoms with van der Waals surface area (Å²) in [6.45, 7) is 6.69.